The lowest BCUT2D eigenvalue weighted by Crippen LogP contribution is -2.47. The van der Waals surface area contributed by atoms with Gasteiger partial charge in [0.1, 0.15) is 24.4 Å². The summed E-state index contributed by atoms with van der Waals surface area (Å²) in [5.74, 6) is -0.672. The lowest BCUT2D eigenvalue weighted by Gasteiger charge is -2.22. The predicted molar refractivity (Wildman–Crippen MR) is 45.4 cm³/mol. The van der Waals surface area contributed by atoms with Crippen LogP contribution in [-0.2, 0) is 9.59 Å². The van der Waals surface area contributed by atoms with Crippen molar-refractivity contribution in [2.75, 3.05) is 0 Å². The number of aliphatic hydroxyl groups is 4. The molecule has 4 atom stereocenters. The molecule has 6 heteroatoms. The summed E-state index contributed by atoms with van der Waals surface area (Å²) in [5.41, 5.74) is 0. The molecular weight excluding hydrogens is 192 g/mol. The molecule has 0 aromatic carbocycles. The molecule has 0 spiro atoms. The van der Waals surface area contributed by atoms with Crippen LogP contribution in [-0.4, -0.2) is 56.9 Å². The lowest BCUT2D eigenvalue weighted by atomic mass is 10.00. The van der Waals surface area contributed by atoms with Gasteiger partial charge in [0.05, 0.1) is 0 Å². The van der Waals surface area contributed by atoms with Gasteiger partial charge >= 0.3 is 0 Å². The first-order valence-electron chi connectivity index (χ1n) is 4.16. The van der Waals surface area contributed by atoms with Crippen molar-refractivity contribution in [1.82, 2.24) is 0 Å². The van der Waals surface area contributed by atoms with Crippen molar-refractivity contribution >= 4 is 12.1 Å². The van der Waals surface area contributed by atoms with Crippen molar-refractivity contribution in [3.05, 3.63) is 0 Å². The maximum absolute atomic E-state index is 10.9. The maximum Gasteiger partial charge on any atom is 0.163 e. The van der Waals surface area contributed by atoms with Crippen LogP contribution < -0.4 is 0 Å². The van der Waals surface area contributed by atoms with E-state index in [2.05, 4.69) is 0 Å². The summed E-state index contributed by atoms with van der Waals surface area (Å²) in [6, 6.07) is 0. The standard InChI is InChI=1S/C8H14O6/c1-2-4(10)6(12)8(14)7(13)5(11)3-9/h3,5-8,11-14H,2H2,1H3/t5-,6+,7+,8+/m0/s1. The summed E-state index contributed by atoms with van der Waals surface area (Å²) in [7, 11) is 0. The van der Waals surface area contributed by atoms with Gasteiger partial charge in [-0.05, 0) is 0 Å². The Bertz CT molecular complexity index is 204. The molecule has 4 N–H and O–H groups in total. The predicted octanol–water partition coefficient (Wildman–Crippen LogP) is -2.39. The van der Waals surface area contributed by atoms with E-state index in [-0.39, 0.29) is 12.7 Å². The van der Waals surface area contributed by atoms with E-state index in [0.29, 0.717) is 0 Å². The molecule has 0 rings (SSSR count). The maximum atomic E-state index is 10.9. The molecule has 0 aliphatic carbocycles. The number of rotatable bonds is 6. The van der Waals surface area contributed by atoms with Crippen LogP contribution in [0.25, 0.3) is 0 Å². The van der Waals surface area contributed by atoms with E-state index in [1.165, 1.54) is 6.92 Å². The largest absolute Gasteiger partial charge is 0.387 e. The van der Waals surface area contributed by atoms with E-state index in [0.717, 1.165) is 0 Å². The first-order valence-corrected chi connectivity index (χ1v) is 4.16. The van der Waals surface area contributed by atoms with Crippen LogP contribution in [0.15, 0.2) is 0 Å². The Labute approximate surface area is 80.8 Å². The molecule has 0 aliphatic rings. The van der Waals surface area contributed by atoms with Gasteiger partial charge in [0.15, 0.2) is 12.1 Å². The minimum absolute atomic E-state index is 0.0109. The molecule has 0 aliphatic heterocycles. The molecule has 0 bridgehead atoms. The number of carbonyl (C=O) groups is 2. The second kappa shape index (κ2) is 5.82. The van der Waals surface area contributed by atoms with Crippen LogP contribution in [0, 0.1) is 0 Å². The SMILES string of the molecule is CCC(=O)[C@@H](O)[C@@H](O)[C@H](O)[C@@H](O)C=O. The quantitative estimate of drug-likeness (QED) is 0.360. The summed E-state index contributed by atoms with van der Waals surface area (Å²) in [4.78, 5) is 20.9. The van der Waals surface area contributed by atoms with E-state index in [4.69, 9.17) is 20.4 Å². The minimum Gasteiger partial charge on any atom is -0.387 e. The van der Waals surface area contributed by atoms with Crippen molar-refractivity contribution in [3.8, 4) is 0 Å². The molecule has 82 valence electrons. The van der Waals surface area contributed by atoms with Crippen molar-refractivity contribution in [3.63, 3.8) is 0 Å². The Morgan fingerprint density at radius 1 is 1.21 bits per heavy atom. The molecule has 0 saturated heterocycles. The number of Topliss-reactive ketones (excluding diaryl/α,β-unsaturated/α-hetero) is 1. The first kappa shape index (κ1) is 13.2. The molecular formula is C8H14O6. The number of ketones is 1. The van der Waals surface area contributed by atoms with Crippen LogP contribution in [0.1, 0.15) is 13.3 Å². The second-order valence-electron chi connectivity index (χ2n) is 2.87. The van der Waals surface area contributed by atoms with E-state index in [1.54, 1.807) is 0 Å². The fraction of sp³-hybridized carbons (Fsp3) is 0.750. The normalized spacial score (nSPS) is 19.5. The zero-order valence-electron chi connectivity index (χ0n) is 7.70. The number of aldehydes is 1. The molecule has 0 amide bonds. The van der Waals surface area contributed by atoms with Gasteiger partial charge in [-0.3, -0.25) is 4.79 Å². The molecule has 14 heavy (non-hydrogen) atoms. The summed E-state index contributed by atoms with van der Waals surface area (Å²) in [6.45, 7) is 1.47. The van der Waals surface area contributed by atoms with E-state index >= 15 is 0 Å². The Morgan fingerprint density at radius 3 is 2.07 bits per heavy atom. The Kier molecular flexibility index (Phi) is 5.47. The van der Waals surface area contributed by atoms with Gasteiger partial charge in [-0.25, -0.2) is 0 Å². The lowest BCUT2D eigenvalue weighted by molar-refractivity contribution is -0.148. The van der Waals surface area contributed by atoms with Crippen molar-refractivity contribution in [2.45, 2.75) is 37.8 Å². The zero-order chi connectivity index (χ0) is 11.3. The summed E-state index contributed by atoms with van der Waals surface area (Å²) >= 11 is 0. The average molecular weight is 206 g/mol. The van der Waals surface area contributed by atoms with Crippen LogP contribution in [0.2, 0.25) is 0 Å². The minimum atomic E-state index is -1.86. The van der Waals surface area contributed by atoms with Crippen molar-refractivity contribution in [2.24, 2.45) is 0 Å². The van der Waals surface area contributed by atoms with Gasteiger partial charge in [-0.1, -0.05) is 6.92 Å². The van der Waals surface area contributed by atoms with Gasteiger partial charge in [-0.15, -0.1) is 0 Å². The zero-order valence-corrected chi connectivity index (χ0v) is 7.70. The highest BCUT2D eigenvalue weighted by Gasteiger charge is 2.33. The smallest absolute Gasteiger partial charge is 0.163 e. The van der Waals surface area contributed by atoms with Crippen LogP contribution in [0.5, 0.6) is 0 Å². The van der Waals surface area contributed by atoms with E-state index in [9.17, 15) is 9.59 Å². The van der Waals surface area contributed by atoms with Crippen LogP contribution in [0.4, 0.5) is 0 Å². The van der Waals surface area contributed by atoms with Crippen LogP contribution in [0.3, 0.4) is 0 Å². The average Bonchev–Trinajstić information content (AvgIpc) is 2.23. The highest BCUT2D eigenvalue weighted by molar-refractivity contribution is 5.83. The molecule has 0 aromatic heterocycles. The Morgan fingerprint density at radius 2 is 1.71 bits per heavy atom. The van der Waals surface area contributed by atoms with Crippen molar-refractivity contribution < 1.29 is 30.0 Å². The summed E-state index contributed by atoms with van der Waals surface area (Å²) in [5, 5.41) is 36.1. The molecule has 0 radical (unpaired) electrons. The third kappa shape index (κ3) is 3.15. The van der Waals surface area contributed by atoms with Crippen molar-refractivity contribution in [1.29, 1.82) is 0 Å². The molecule has 0 unspecified atom stereocenters. The number of aliphatic hydroxyl groups excluding tert-OH is 4. The van der Waals surface area contributed by atoms with Crippen LogP contribution >= 0.6 is 0 Å². The van der Waals surface area contributed by atoms with Gasteiger partial charge < -0.3 is 25.2 Å². The third-order valence-corrected chi connectivity index (χ3v) is 1.84. The van der Waals surface area contributed by atoms with Gasteiger partial charge in [0, 0.05) is 6.42 Å². The molecule has 0 aromatic rings. The number of hydrogen-bond acceptors (Lipinski definition) is 6. The fourth-order valence-corrected chi connectivity index (χ4v) is 0.869. The van der Waals surface area contributed by atoms with Gasteiger partial charge in [0.25, 0.3) is 0 Å². The number of hydrogen-bond donors (Lipinski definition) is 4. The highest BCUT2D eigenvalue weighted by Crippen LogP contribution is 2.06. The highest BCUT2D eigenvalue weighted by atomic mass is 16.4. The monoisotopic (exact) mass is 206 g/mol. The number of carbonyl (C=O) groups excluding carboxylic acids is 2. The Balaban J connectivity index is 4.37. The van der Waals surface area contributed by atoms with Gasteiger partial charge in [0.2, 0.25) is 0 Å². The van der Waals surface area contributed by atoms with E-state index in [1.807, 2.05) is 0 Å². The summed E-state index contributed by atoms with van der Waals surface area (Å²) < 4.78 is 0. The topological polar surface area (TPSA) is 115 Å². The Hall–Kier alpha value is -0.820. The molecule has 0 heterocycles. The summed E-state index contributed by atoms with van der Waals surface area (Å²) in [6.07, 6.45) is -7.33. The third-order valence-electron chi connectivity index (χ3n) is 1.84. The van der Waals surface area contributed by atoms with E-state index < -0.39 is 30.2 Å². The second-order valence-corrected chi connectivity index (χ2v) is 2.87. The fourth-order valence-electron chi connectivity index (χ4n) is 0.869. The van der Waals surface area contributed by atoms with Gasteiger partial charge in [-0.2, -0.15) is 0 Å². The molecule has 0 saturated carbocycles. The first-order chi connectivity index (χ1) is 6.45. The molecule has 6 nitrogen and oxygen atoms in total. The molecule has 0 fully saturated rings.